The molecular weight excluding hydrogens is 529 g/mol. The van der Waals surface area contributed by atoms with Crippen LogP contribution in [0.4, 0.5) is 23.8 Å². The number of carbonyl (C=O) groups excluding carboxylic acids is 3. The summed E-state index contributed by atoms with van der Waals surface area (Å²) in [6.07, 6.45) is -2.03. The zero-order chi connectivity index (χ0) is 27.5. The van der Waals surface area contributed by atoms with Gasteiger partial charge in [0.05, 0.1) is 32.6 Å². The van der Waals surface area contributed by atoms with Gasteiger partial charge in [-0.05, 0) is 29.8 Å². The fourth-order valence-corrected chi connectivity index (χ4v) is 4.07. The molecule has 198 valence electrons. The fourth-order valence-electron chi connectivity index (χ4n) is 3.94. The van der Waals surface area contributed by atoms with Crippen LogP contribution in [0.2, 0.25) is 5.02 Å². The molecule has 0 aliphatic carbocycles. The Kier molecular flexibility index (Phi) is 7.65. The predicted octanol–water partition coefficient (Wildman–Crippen LogP) is 5.23. The van der Waals surface area contributed by atoms with Crippen molar-refractivity contribution < 1.29 is 41.5 Å². The molecule has 3 amide bonds. The lowest BCUT2D eigenvalue weighted by Crippen LogP contribution is -2.59. The number of ether oxygens (including phenoxy) is 2. The summed E-state index contributed by atoms with van der Waals surface area (Å²) in [5.41, 5.74) is 0.113. The van der Waals surface area contributed by atoms with Crippen molar-refractivity contribution in [2.24, 2.45) is 0 Å². The van der Waals surface area contributed by atoms with E-state index < -0.39 is 28.3 Å². The van der Waals surface area contributed by atoms with Crippen LogP contribution in [0.5, 0.6) is 11.5 Å². The van der Waals surface area contributed by atoms with Crippen LogP contribution in [0.15, 0.2) is 48.8 Å². The summed E-state index contributed by atoms with van der Waals surface area (Å²) < 4.78 is 48.6. The van der Waals surface area contributed by atoms with E-state index in [4.69, 9.17) is 16.3 Å². The molecule has 0 spiro atoms. The van der Waals surface area contributed by atoms with Gasteiger partial charge in [-0.1, -0.05) is 23.7 Å². The van der Waals surface area contributed by atoms with Crippen molar-refractivity contribution in [3.8, 4) is 11.5 Å². The molecule has 1 aromatic carbocycles. The number of rotatable bonds is 9. The average Bonchev–Trinajstić information content (AvgIpc) is 2.88. The smallest absolute Gasteiger partial charge is 0.433 e. The predicted molar refractivity (Wildman–Crippen MR) is 129 cm³/mol. The summed E-state index contributed by atoms with van der Waals surface area (Å²) in [6, 6.07) is 8.10. The van der Waals surface area contributed by atoms with Crippen molar-refractivity contribution in [2.75, 3.05) is 25.5 Å². The molecule has 3 aromatic rings. The molecular formula is C25H21ClF3N4O5+. The van der Waals surface area contributed by atoms with E-state index in [1.165, 1.54) is 13.2 Å². The molecule has 2 aromatic heterocycles. The SMILES string of the molecule is C[N+]1(CCCOC=O)C(=O)Nc2ncc(Oc3ccc(C(F)(F)F)nc3)c(Cc3ccc(Cl)cc3)c2C1=O. The van der Waals surface area contributed by atoms with Gasteiger partial charge in [-0.25, -0.2) is 19.6 Å². The first-order valence-electron chi connectivity index (χ1n) is 11.3. The fraction of sp³-hybridized carbons (Fsp3) is 0.240. The molecule has 1 aliphatic rings. The zero-order valence-corrected chi connectivity index (χ0v) is 20.7. The highest BCUT2D eigenvalue weighted by Gasteiger charge is 2.48. The Morgan fingerprint density at radius 2 is 1.82 bits per heavy atom. The van der Waals surface area contributed by atoms with E-state index in [1.807, 2.05) is 0 Å². The van der Waals surface area contributed by atoms with Gasteiger partial charge < -0.3 is 9.47 Å². The maximum atomic E-state index is 13.8. The summed E-state index contributed by atoms with van der Waals surface area (Å²) in [5, 5.41) is 3.15. The van der Waals surface area contributed by atoms with Crippen molar-refractivity contribution in [3.05, 3.63) is 76.2 Å². The number of halogens is 4. The number of quaternary nitrogens is 1. The normalized spacial score (nSPS) is 17.0. The van der Waals surface area contributed by atoms with Crippen LogP contribution in [0, 0.1) is 0 Å². The third-order valence-corrected chi connectivity index (χ3v) is 6.22. The third kappa shape index (κ3) is 5.60. The molecule has 0 radical (unpaired) electrons. The molecule has 9 nitrogen and oxygen atoms in total. The minimum absolute atomic E-state index is 0.00679. The van der Waals surface area contributed by atoms with Gasteiger partial charge in [0.1, 0.15) is 22.8 Å². The van der Waals surface area contributed by atoms with Gasteiger partial charge in [0.2, 0.25) is 0 Å². The second kappa shape index (κ2) is 10.8. The molecule has 0 saturated heterocycles. The van der Waals surface area contributed by atoms with Gasteiger partial charge in [0.25, 0.3) is 6.47 Å². The summed E-state index contributed by atoms with van der Waals surface area (Å²) in [6.45, 7) is 0.332. The number of nitrogens with one attached hydrogen (secondary N) is 1. The van der Waals surface area contributed by atoms with Crippen molar-refractivity contribution in [1.82, 2.24) is 9.97 Å². The first-order chi connectivity index (χ1) is 18.0. The van der Waals surface area contributed by atoms with E-state index in [1.54, 1.807) is 24.3 Å². The topological polar surface area (TPSA) is 107 Å². The van der Waals surface area contributed by atoms with E-state index >= 15 is 0 Å². The number of imide groups is 1. The number of carbonyl (C=O) groups is 3. The highest BCUT2D eigenvalue weighted by molar-refractivity contribution is 6.30. The van der Waals surface area contributed by atoms with Crippen molar-refractivity contribution in [1.29, 1.82) is 0 Å². The molecule has 1 aliphatic heterocycles. The highest BCUT2D eigenvalue weighted by Crippen LogP contribution is 2.37. The lowest BCUT2D eigenvalue weighted by Gasteiger charge is -2.33. The number of amides is 3. The lowest BCUT2D eigenvalue weighted by molar-refractivity contribution is -0.743. The van der Waals surface area contributed by atoms with E-state index in [0.717, 1.165) is 23.9 Å². The Hall–Kier alpha value is -4.03. The second-order valence-corrected chi connectivity index (χ2v) is 9.01. The van der Waals surface area contributed by atoms with Crippen LogP contribution in [0.3, 0.4) is 0 Å². The van der Waals surface area contributed by atoms with E-state index in [9.17, 15) is 27.6 Å². The number of nitrogens with zero attached hydrogens (tertiary/aromatic N) is 3. The molecule has 3 heterocycles. The van der Waals surface area contributed by atoms with Crippen LogP contribution in [-0.2, 0) is 22.1 Å². The van der Waals surface area contributed by atoms with Crippen LogP contribution >= 0.6 is 11.6 Å². The van der Waals surface area contributed by atoms with Crippen molar-refractivity contribution in [3.63, 3.8) is 0 Å². The molecule has 1 unspecified atom stereocenters. The Morgan fingerprint density at radius 3 is 2.45 bits per heavy atom. The third-order valence-electron chi connectivity index (χ3n) is 5.97. The standard InChI is InChI=1S/C25H20ClF3N4O5/c1-33(9-2-10-37-14-34)23(35)21-18(11-15-3-5-16(26)6-4-15)19(13-31-22(21)32-24(33)36)38-17-7-8-20(30-12-17)25(27,28)29/h3-8,12-14H,2,9-11H2,1H3/p+1. The monoisotopic (exact) mass is 549 g/mol. The van der Waals surface area contributed by atoms with Crippen molar-refractivity contribution >= 4 is 35.8 Å². The first-order valence-corrected chi connectivity index (χ1v) is 11.7. The molecule has 0 fully saturated rings. The summed E-state index contributed by atoms with van der Waals surface area (Å²) in [7, 11) is 1.43. The van der Waals surface area contributed by atoms with Gasteiger partial charge in [-0.3, -0.25) is 10.1 Å². The van der Waals surface area contributed by atoms with E-state index in [0.29, 0.717) is 10.6 Å². The van der Waals surface area contributed by atoms with Crippen LogP contribution < -0.4 is 10.1 Å². The van der Waals surface area contributed by atoms with Gasteiger partial charge in [-0.15, -0.1) is 0 Å². The molecule has 4 rings (SSSR count). The Bertz CT molecular complexity index is 1370. The quantitative estimate of drug-likeness (QED) is 0.221. The number of alkyl halides is 3. The molecule has 0 bridgehead atoms. The average molecular weight is 550 g/mol. The largest absolute Gasteiger partial charge is 0.468 e. The summed E-state index contributed by atoms with van der Waals surface area (Å²) in [4.78, 5) is 44.7. The number of pyridine rings is 2. The number of fused-ring (bicyclic) bond motifs is 1. The maximum absolute atomic E-state index is 13.8. The number of urea groups is 1. The maximum Gasteiger partial charge on any atom is 0.433 e. The number of hydrogen-bond donors (Lipinski definition) is 1. The van der Waals surface area contributed by atoms with E-state index in [2.05, 4.69) is 20.0 Å². The zero-order valence-electron chi connectivity index (χ0n) is 19.9. The second-order valence-electron chi connectivity index (χ2n) is 8.58. The Balaban J connectivity index is 1.76. The molecule has 1 atom stereocenters. The Morgan fingerprint density at radius 1 is 1.08 bits per heavy atom. The van der Waals surface area contributed by atoms with Gasteiger partial charge in [-0.2, -0.15) is 17.7 Å². The molecule has 38 heavy (non-hydrogen) atoms. The van der Waals surface area contributed by atoms with Crippen LogP contribution in [-0.4, -0.2) is 53.1 Å². The van der Waals surface area contributed by atoms with Gasteiger partial charge in [0, 0.05) is 23.4 Å². The summed E-state index contributed by atoms with van der Waals surface area (Å²) >= 11 is 6.00. The number of anilines is 1. The molecule has 13 heteroatoms. The summed E-state index contributed by atoms with van der Waals surface area (Å²) in [5.74, 6) is -0.447. The van der Waals surface area contributed by atoms with Crippen LogP contribution in [0.1, 0.15) is 33.6 Å². The first kappa shape index (κ1) is 27.0. The lowest BCUT2D eigenvalue weighted by atomic mass is 9.97. The number of hydrogen-bond acceptors (Lipinski definition) is 7. The highest BCUT2D eigenvalue weighted by atomic mass is 35.5. The molecule has 0 saturated carbocycles. The number of aromatic nitrogens is 2. The minimum atomic E-state index is -4.62. The van der Waals surface area contributed by atoms with Gasteiger partial charge in [0.15, 0.2) is 5.82 Å². The number of benzene rings is 1. The van der Waals surface area contributed by atoms with Gasteiger partial charge >= 0.3 is 18.1 Å². The van der Waals surface area contributed by atoms with E-state index in [-0.39, 0.29) is 55.3 Å². The van der Waals surface area contributed by atoms with Crippen molar-refractivity contribution in [2.45, 2.75) is 19.0 Å². The minimum Gasteiger partial charge on any atom is -0.468 e. The molecule has 1 N–H and O–H groups in total. The van der Waals surface area contributed by atoms with Crippen LogP contribution in [0.25, 0.3) is 0 Å². The Labute approximate surface area is 219 Å².